The summed E-state index contributed by atoms with van der Waals surface area (Å²) in [6.07, 6.45) is 2.56. The number of allylic oxidation sites excluding steroid dienone is 1. The van der Waals surface area contributed by atoms with Gasteiger partial charge in [0.05, 0.1) is 6.26 Å². The lowest BCUT2D eigenvalue weighted by molar-refractivity contribution is 0.371. The fraction of sp³-hybridized carbons (Fsp3) is 0.333. The molecule has 0 aliphatic heterocycles. The monoisotopic (exact) mass is 202 g/mol. The molecule has 0 aromatic rings. The maximum atomic E-state index is 9.39. The zero-order chi connectivity index (χ0) is 9.28. The Kier molecular flexibility index (Phi) is 11.6. The van der Waals surface area contributed by atoms with Gasteiger partial charge in [-0.25, -0.2) is 0 Å². The van der Waals surface area contributed by atoms with E-state index in [4.69, 9.17) is 14.9 Å². The van der Waals surface area contributed by atoms with Gasteiger partial charge in [-0.1, -0.05) is 6.08 Å². The number of aliphatic hydroxyl groups excluding tert-OH is 1. The first kappa shape index (κ1) is 13.2. The van der Waals surface area contributed by atoms with Crippen molar-refractivity contribution in [2.24, 2.45) is 0 Å². The molecule has 2 atom stereocenters. The van der Waals surface area contributed by atoms with Crippen molar-refractivity contribution in [3.63, 3.8) is 0 Å². The Morgan fingerprint density at radius 3 is 1.55 bits per heavy atom. The predicted octanol–water partition coefficient (Wildman–Crippen LogP) is 1.38. The highest BCUT2D eigenvalue weighted by Crippen LogP contribution is 2.30. The molecule has 3 N–H and O–H groups in total. The van der Waals surface area contributed by atoms with Crippen LogP contribution in [0.3, 0.4) is 0 Å². The van der Waals surface area contributed by atoms with Gasteiger partial charge in [0.15, 0.2) is 4.31 Å². The molecule has 0 fully saturated rings. The second kappa shape index (κ2) is 9.62. The van der Waals surface area contributed by atoms with Crippen LogP contribution >= 0.6 is 16.5 Å². The quantitative estimate of drug-likeness (QED) is 0.461. The highest BCUT2D eigenvalue weighted by atomic mass is 31.2. The van der Waals surface area contributed by atoms with Gasteiger partial charge in [-0.15, -0.1) is 9.79 Å². The van der Waals surface area contributed by atoms with Crippen LogP contribution in [0.15, 0.2) is 12.3 Å². The van der Waals surface area contributed by atoms with Gasteiger partial charge < -0.3 is 5.11 Å². The average molecular weight is 202 g/mol. The van der Waals surface area contributed by atoms with E-state index in [1.165, 1.54) is 0 Å². The maximum absolute atomic E-state index is 9.39. The summed E-state index contributed by atoms with van der Waals surface area (Å²) in [6, 6.07) is 0. The van der Waals surface area contributed by atoms with Crippen LogP contribution in [0.5, 0.6) is 0 Å². The molecule has 0 rings (SSSR count). The molecular formula is C3H8O6P2+2. The van der Waals surface area contributed by atoms with Crippen molar-refractivity contribution in [2.75, 3.05) is 0 Å². The zero-order valence-corrected chi connectivity index (χ0v) is 7.40. The lowest BCUT2D eigenvalue weighted by Crippen LogP contribution is -1.58. The molecule has 0 heterocycles. The SMILES string of the molecule is CC=CO.O=[P+](O)O[P+](=O)O. The summed E-state index contributed by atoms with van der Waals surface area (Å²) in [7, 11) is -5.85. The smallest absolute Gasteiger partial charge is 0.516 e. The standard InChI is InChI=1S/C3H6O.O5P2/c1-2-3-4;1-6(2)5-7(3)4/h2-4H,1H3;/p+2. The van der Waals surface area contributed by atoms with Crippen LogP contribution in [-0.4, -0.2) is 14.9 Å². The Morgan fingerprint density at radius 1 is 1.27 bits per heavy atom. The highest BCUT2D eigenvalue weighted by Gasteiger charge is 2.31. The van der Waals surface area contributed by atoms with Gasteiger partial charge in [-0.05, 0) is 6.92 Å². The summed E-state index contributed by atoms with van der Waals surface area (Å²) in [6.45, 7) is 1.75. The summed E-state index contributed by atoms with van der Waals surface area (Å²) in [5.41, 5.74) is 0. The first-order chi connectivity index (χ1) is 5.04. The predicted molar refractivity (Wildman–Crippen MR) is 38.2 cm³/mol. The molecule has 8 heteroatoms. The second-order valence-corrected chi connectivity index (χ2v) is 2.64. The van der Waals surface area contributed by atoms with E-state index < -0.39 is 16.5 Å². The van der Waals surface area contributed by atoms with Crippen LogP contribution in [-0.2, 0) is 13.4 Å². The van der Waals surface area contributed by atoms with Crippen molar-refractivity contribution < 1.29 is 28.3 Å². The van der Waals surface area contributed by atoms with E-state index in [0.717, 1.165) is 6.26 Å². The third-order valence-corrected chi connectivity index (χ3v) is 1.41. The van der Waals surface area contributed by atoms with Crippen molar-refractivity contribution in [1.82, 2.24) is 0 Å². The van der Waals surface area contributed by atoms with Gasteiger partial charge in [-0.2, -0.15) is 0 Å². The van der Waals surface area contributed by atoms with E-state index in [2.05, 4.69) is 4.31 Å². The zero-order valence-electron chi connectivity index (χ0n) is 5.62. The number of hydrogen-bond acceptors (Lipinski definition) is 4. The third kappa shape index (κ3) is 26.2. The molecule has 0 radical (unpaired) electrons. The Balaban J connectivity index is 0. The van der Waals surface area contributed by atoms with Crippen LogP contribution in [0, 0.1) is 0 Å². The molecule has 0 aliphatic rings. The second-order valence-electron chi connectivity index (χ2n) is 1.04. The fourth-order valence-corrected chi connectivity index (χ4v) is 0.538. The van der Waals surface area contributed by atoms with Crippen molar-refractivity contribution in [3.8, 4) is 0 Å². The molecule has 0 aromatic heterocycles. The molecule has 64 valence electrons. The lowest BCUT2D eigenvalue weighted by atomic mass is 10.8. The van der Waals surface area contributed by atoms with Crippen molar-refractivity contribution in [3.05, 3.63) is 12.3 Å². The number of rotatable bonds is 2. The molecule has 2 unspecified atom stereocenters. The van der Waals surface area contributed by atoms with Gasteiger partial charge in [0.1, 0.15) is 0 Å². The maximum Gasteiger partial charge on any atom is 0.745 e. The van der Waals surface area contributed by atoms with Crippen LogP contribution in [0.25, 0.3) is 0 Å². The molecule has 0 spiro atoms. The van der Waals surface area contributed by atoms with Gasteiger partial charge in [0.2, 0.25) is 0 Å². The summed E-state index contributed by atoms with van der Waals surface area (Å²) in [5, 5.41) is 7.69. The van der Waals surface area contributed by atoms with E-state index in [-0.39, 0.29) is 0 Å². The molecule has 0 saturated carbocycles. The van der Waals surface area contributed by atoms with E-state index in [9.17, 15) is 9.13 Å². The lowest BCUT2D eigenvalue weighted by Gasteiger charge is -1.53. The third-order valence-electron chi connectivity index (χ3n) is 0.289. The van der Waals surface area contributed by atoms with Gasteiger partial charge in [0.25, 0.3) is 0 Å². The number of aliphatic hydroxyl groups is 1. The molecular weight excluding hydrogens is 194 g/mol. The van der Waals surface area contributed by atoms with Crippen molar-refractivity contribution in [1.29, 1.82) is 0 Å². The normalized spacial score (nSPS) is 11.9. The summed E-state index contributed by atoms with van der Waals surface area (Å²) >= 11 is 0. The molecule has 0 amide bonds. The van der Waals surface area contributed by atoms with Gasteiger partial charge >= 0.3 is 16.5 Å². The average Bonchev–Trinajstić information content (AvgIpc) is 1.85. The molecule has 0 aliphatic carbocycles. The van der Waals surface area contributed by atoms with E-state index >= 15 is 0 Å². The van der Waals surface area contributed by atoms with Crippen molar-refractivity contribution >= 4 is 16.5 Å². The van der Waals surface area contributed by atoms with E-state index in [1.807, 2.05) is 0 Å². The minimum atomic E-state index is -2.92. The Hall–Kier alpha value is -0.380. The van der Waals surface area contributed by atoms with Gasteiger partial charge in [-0.3, -0.25) is 0 Å². The van der Waals surface area contributed by atoms with Crippen molar-refractivity contribution in [2.45, 2.75) is 6.92 Å². The fourth-order valence-electron chi connectivity index (χ4n) is 0.0598. The molecule has 6 nitrogen and oxygen atoms in total. The van der Waals surface area contributed by atoms with Crippen LogP contribution in [0.4, 0.5) is 0 Å². The summed E-state index contributed by atoms with van der Waals surface area (Å²) in [4.78, 5) is 15.3. The van der Waals surface area contributed by atoms with E-state index in [0.29, 0.717) is 0 Å². The minimum Gasteiger partial charge on any atom is -0.516 e. The molecule has 0 aromatic carbocycles. The first-order valence-electron chi connectivity index (χ1n) is 2.30. The number of hydrogen-bond donors (Lipinski definition) is 3. The Morgan fingerprint density at radius 2 is 1.55 bits per heavy atom. The first-order valence-corrected chi connectivity index (χ1v) is 4.56. The largest absolute Gasteiger partial charge is 0.745 e. The molecule has 11 heavy (non-hydrogen) atoms. The molecule has 0 bridgehead atoms. The Bertz CT molecular complexity index is 138. The Labute approximate surface area is 65.0 Å². The van der Waals surface area contributed by atoms with Crippen LogP contribution < -0.4 is 0 Å². The summed E-state index contributed by atoms with van der Waals surface area (Å²) in [5.74, 6) is 0. The van der Waals surface area contributed by atoms with E-state index in [1.54, 1.807) is 13.0 Å². The van der Waals surface area contributed by atoms with Crippen LogP contribution in [0.2, 0.25) is 0 Å². The highest BCUT2D eigenvalue weighted by molar-refractivity contribution is 7.46. The topological polar surface area (TPSA) is 104 Å². The minimum absolute atomic E-state index is 1.00. The summed E-state index contributed by atoms with van der Waals surface area (Å²) < 4.78 is 22.2. The van der Waals surface area contributed by atoms with Gasteiger partial charge in [0, 0.05) is 9.13 Å². The molecule has 0 saturated heterocycles. The van der Waals surface area contributed by atoms with Crippen LogP contribution in [0.1, 0.15) is 6.92 Å².